The van der Waals surface area contributed by atoms with Gasteiger partial charge in [0.1, 0.15) is 0 Å². The number of anilines is 1. The van der Waals surface area contributed by atoms with Gasteiger partial charge in [0, 0.05) is 37.1 Å². The molecule has 2 rings (SSSR count). The summed E-state index contributed by atoms with van der Waals surface area (Å²) in [7, 11) is 0. The van der Waals surface area contributed by atoms with Crippen molar-refractivity contribution in [2.24, 2.45) is 0 Å². The maximum absolute atomic E-state index is 5.86. The third kappa shape index (κ3) is 5.69. The van der Waals surface area contributed by atoms with Crippen LogP contribution in [0.4, 0.5) is 5.69 Å². The van der Waals surface area contributed by atoms with Gasteiger partial charge in [-0.05, 0) is 50.0 Å². The topological polar surface area (TPSA) is 6.48 Å². The van der Waals surface area contributed by atoms with Crippen molar-refractivity contribution in [3.63, 3.8) is 0 Å². The first-order chi connectivity index (χ1) is 10.3. The molecule has 0 N–H and O–H groups in total. The highest BCUT2D eigenvalue weighted by Gasteiger charge is 2.10. The Morgan fingerprint density at radius 2 is 1.52 bits per heavy atom. The smallest absolute Gasteiger partial charge is 0.0399 e. The van der Waals surface area contributed by atoms with Gasteiger partial charge in [-0.25, -0.2) is 0 Å². The first-order valence-corrected chi connectivity index (χ1v) is 9.08. The highest BCUT2D eigenvalue weighted by molar-refractivity contribution is 6.18. The quantitative estimate of drug-likeness (QED) is 0.665. The van der Waals surface area contributed by atoms with E-state index in [0.29, 0.717) is 11.8 Å². The fourth-order valence-electron chi connectivity index (χ4n) is 2.92. The van der Waals surface area contributed by atoms with Crippen LogP contribution in [0.5, 0.6) is 0 Å². The zero-order chi connectivity index (χ0) is 14.9. The molecule has 0 spiro atoms. The molecule has 1 aromatic carbocycles. The van der Waals surface area contributed by atoms with E-state index in [1.54, 1.807) is 0 Å². The van der Waals surface area contributed by atoms with Crippen LogP contribution in [-0.4, -0.2) is 49.4 Å². The van der Waals surface area contributed by atoms with E-state index >= 15 is 0 Å². The van der Waals surface area contributed by atoms with Crippen LogP contribution in [0.15, 0.2) is 24.3 Å². The highest BCUT2D eigenvalue weighted by Crippen LogP contribution is 2.17. The van der Waals surface area contributed by atoms with Crippen molar-refractivity contribution < 1.29 is 0 Å². The second-order valence-electron chi connectivity index (χ2n) is 5.68. The zero-order valence-corrected chi connectivity index (χ0v) is 14.2. The van der Waals surface area contributed by atoms with E-state index in [9.17, 15) is 0 Å². The van der Waals surface area contributed by atoms with E-state index in [1.165, 1.54) is 50.1 Å². The minimum absolute atomic E-state index is 0.633. The molecule has 0 aromatic heterocycles. The van der Waals surface area contributed by atoms with Crippen LogP contribution in [-0.2, 0) is 6.42 Å². The molecule has 0 unspecified atom stereocenters. The average molecular weight is 329 g/mol. The second-order valence-corrected chi connectivity index (χ2v) is 6.44. The van der Waals surface area contributed by atoms with Crippen LogP contribution >= 0.6 is 23.2 Å². The number of nitrogens with zero attached hydrogens (tertiary/aromatic N) is 2. The van der Waals surface area contributed by atoms with Gasteiger partial charge in [-0.3, -0.25) is 0 Å². The van der Waals surface area contributed by atoms with Gasteiger partial charge in [0.2, 0.25) is 0 Å². The Morgan fingerprint density at radius 3 is 2.10 bits per heavy atom. The van der Waals surface area contributed by atoms with Gasteiger partial charge in [-0.2, -0.15) is 0 Å². The Hall–Kier alpha value is -0.440. The lowest BCUT2D eigenvalue weighted by molar-refractivity contribution is 0.231. The predicted molar refractivity (Wildman–Crippen MR) is 94.1 cm³/mol. The molecule has 0 saturated carbocycles. The fourth-order valence-corrected chi connectivity index (χ4v) is 3.33. The van der Waals surface area contributed by atoms with Gasteiger partial charge in [-0.1, -0.05) is 18.6 Å². The molecule has 0 atom stereocenters. The molecule has 1 aliphatic heterocycles. The van der Waals surface area contributed by atoms with Crippen molar-refractivity contribution in [3.05, 3.63) is 29.8 Å². The van der Waals surface area contributed by atoms with Gasteiger partial charge in [-0.15, -0.1) is 23.2 Å². The number of alkyl halides is 2. The molecule has 1 aliphatic rings. The summed E-state index contributed by atoms with van der Waals surface area (Å²) in [5.74, 6) is 1.27. The first-order valence-electron chi connectivity index (χ1n) is 8.01. The fraction of sp³-hybridized carbons (Fsp3) is 0.647. The Balaban J connectivity index is 1.85. The van der Waals surface area contributed by atoms with Gasteiger partial charge < -0.3 is 9.80 Å². The normalized spacial score (nSPS) is 16.1. The number of piperidine rings is 1. The zero-order valence-electron chi connectivity index (χ0n) is 12.7. The van der Waals surface area contributed by atoms with Crippen LogP contribution in [0, 0.1) is 0 Å². The molecule has 0 amide bonds. The standard InChI is InChI=1S/C17H26Cl2N2/c18-9-14-21(15-10-19)17-6-4-16(5-7-17)8-13-20-11-2-1-3-12-20/h4-7H,1-3,8-15H2. The summed E-state index contributed by atoms with van der Waals surface area (Å²) in [4.78, 5) is 4.83. The van der Waals surface area contributed by atoms with E-state index in [1.807, 2.05) is 0 Å². The molecule has 21 heavy (non-hydrogen) atoms. The summed E-state index contributed by atoms with van der Waals surface area (Å²) < 4.78 is 0. The van der Waals surface area contributed by atoms with Crippen molar-refractivity contribution in [1.82, 2.24) is 4.90 Å². The Bertz CT molecular complexity index is 382. The summed E-state index contributed by atoms with van der Waals surface area (Å²) in [5, 5.41) is 0. The monoisotopic (exact) mass is 328 g/mol. The predicted octanol–water partition coefficient (Wildman–Crippen LogP) is 4.00. The van der Waals surface area contributed by atoms with Crippen LogP contribution in [0.1, 0.15) is 24.8 Å². The van der Waals surface area contributed by atoms with Crippen LogP contribution in [0.3, 0.4) is 0 Å². The van der Waals surface area contributed by atoms with Gasteiger partial charge in [0.15, 0.2) is 0 Å². The van der Waals surface area contributed by atoms with Crippen molar-refractivity contribution in [1.29, 1.82) is 0 Å². The molecule has 1 aromatic rings. The summed E-state index contributed by atoms with van der Waals surface area (Å²) in [6.07, 6.45) is 5.28. The Kier molecular flexibility index (Phi) is 7.70. The van der Waals surface area contributed by atoms with E-state index in [2.05, 4.69) is 34.1 Å². The second kappa shape index (κ2) is 9.55. The third-order valence-electron chi connectivity index (χ3n) is 4.18. The molecular weight excluding hydrogens is 303 g/mol. The van der Waals surface area contributed by atoms with Crippen LogP contribution < -0.4 is 4.90 Å². The number of likely N-dealkylation sites (tertiary alicyclic amines) is 1. The SMILES string of the molecule is ClCCN(CCCl)c1ccc(CCN2CCCCC2)cc1. The summed E-state index contributed by atoms with van der Waals surface area (Å²) in [6, 6.07) is 8.89. The molecule has 0 aliphatic carbocycles. The lowest BCUT2D eigenvalue weighted by Crippen LogP contribution is -2.31. The summed E-state index contributed by atoms with van der Waals surface area (Å²) >= 11 is 11.7. The van der Waals surface area contributed by atoms with E-state index in [4.69, 9.17) is 23.2 Å². The van der Waals surface area contributed by atoms with E-state index < -0.39 is 0 Å². The number of hydrogen-bond donors (Lipinski definition) is 0. The van der Waals surface area contributed by atoms with Crippen LogP contribution in [0.25, 0.3) is 0 Å². The number of hydrogen-bond acceptors (Lipinski definition) is 2. The highest BCUT2D eigenvalue weighted by atomic mass is 35.5. The Morgan fingerprint density at radius 1 is 0.905 bits per heavy atom. The van der Waals surface area contributed by atoms with Crippen molar-refractivity contribution in [2.45, 2.75) is 25.7 Å². The first kappa shape index (κ1) is 16.9. The van der Waals surface area contributed by atoms with Gasteiger partial charge in [0.05, 0.1) is 0 Å². The average Bonchev–Trinajstić information content (AvgIpc) is 2.54. The molecule has 4 heteroatoms. The lowest BCUT2D eigenvalue weighted by Gasteiger charge is -2.26. The Labute approximate surface area is 139 Å². The van der Waals surface area contributed by atoms with Crippen LogP contribution in [0.2, 0.25) is 0 Å². The van der Waals surface area contributed by atoms with Crippen molar-refractivity contribution >= 4 is 28.9 Å². The van der Waals surface area contributed by atoms with Crippen molar-refractivity contribution in [3.8, 4) is 0 Å². The summed E-state index contributed by atoms with van der Waals surface area (Å²) in [6.45, 7) is 5.43. The number of benzene rings is 1. The maximum atomic E-state index is 5.86. The maximum Gasteiger partial charge on any atom is 0.0399 e. The number of halogens is 2. The van der Waals surface area contributed by atoms with Crippen molar-refractivity contribution in [2.75, 3.05) is 49.4 Å². The largest absolute Gasteiger partial charge is 0.369 e. The van der Waals surface area contributed by atoms with E-state index in [-0.39, 0.29) is 0 Å². The number of rotatable bonds is 8. The molecule has 1 fully saturated rings. The van der Waals surface area contributed by atoms with E-state index in [0.717, 1.165) is 19.5 Å². The molecular formula is C17H26Cl2N2. The molecule has 1 saturated heterocycles. The minimum atomic E-state index is 0.633. The molecule has 0 bridgehead atoms. The lowest BCUT2D eigenvalue weighted by atomic mass is 10.1. The van der Waals surface area contributed by atoms with Gasteiger partial charge >= 0.3 is 0 Å². The molecule has 1 heterocycles. The molecule has 2 nitrogen and oxygen atoms in total. The minimum Gasteiger partial charge on any atom is -0.369 e. The van der Waals surface area contributed by atoms with Gasteiger partial charge in [0.25, 0.3) is 0 Å². The summed E-state index contributed by atoms with van der Waals surface area (Å²) in [5.41, 5.74) is 2.64. The molecule has 118 valence electrons. The third-order valence-corrected chi connectivity index (χ3v) is 4.51. The molecule has 0 radical (unpaired) electrons.